The largest absolute Gasteiger partial charge is 0.494 e. The van der Waals surface area contributed by atoms with Crippen molar-refractivity contribution in [2.45, 2.75) is 65.7 Å². The zero-order chi connectivity index (χ0) is 25.6. The minimum absolute atomic E-state index is 0.379. The van der Waals surface area contributed by atoms with Crippen LogP contribution in [0.1, 0.15) is 76.1 Å². The number of carbonyl (C=O) groups excluding carboxylic acids is 1. The summed E-state index contributed by atoms with van der Waals surface area (Å²) in [4.78, 5) is 12.6. The van der Waals surface area contributed by atoms with Crippen molar-refractivity contribution in [1.82, 2.24) is 0 Å². The molecule has 0 N–H and O–H groups in total. The third-order valence-corrected chi connectivity index (χ3v) is 6.34. The van der Waals surface area contributed by atoms with E-state index in [4.69, 9.17) is 14.2 Å². The predicted octanol–water partition coefficient (Wildman–Crippen LogP) is 8.74. The first-order valence-electron chi connectivity index (χ1n) is 13.4. The SMILES string of the molecule is CCCCCCCCOc1ccc(OC(=O)c2ccc(-c3ccc(OC[C@@H](C)CC)cc3)cc2)cc1. The molecule has 0 aliphatic rings. The molecular weight excluding hydrogens is 448 g/mol. The Morgan fingerprint density at radius 1 is 0.667 bits per heavy atom. The van der Waals surface area contributed by atoms with Crippen molar-refractivity contribution in [2.24, 2.45) is 5.92 Å². The quantitative estimate of drug-likeness (QED) is 0.122. The van der Waals surface area contributed by atoms with Crippen molar-refractivity contribution in [2.75, 3.05) is 13.2 Å². The zero-order valence-corrected chi connectivity index (χ0v) is 22.0. The van der Waals surface area contributed by atoms with Crippen LogP contribution in [0, 0.1) is 5.92 Å². The summed E-state index contributed by atoms with van der Waals surface area (Å²) in [7, 11) is 0. The second kappa shape index (κ2) is 15.0. The van der Waals surface area contributed by atoms with E-state index in [1.807, 2.05) is 48.5 Å². The lowest BCUT2D eigenvalue weighted by Crippen LogP contribution is -2.08. The molecule has 0 spiro atoms. The number of ether oxygens (including phenoxy) is 3. The van der Waals surface area contributed by atoms with E-state index in [9.17, 15) is 4.79 Å². The van der Waals surface area contributed by atoms with Crippen molar-refractivity contribution < 1.29 is 19.0 Å². The van der Waals surface area contributed by atoms with Gasteiger partial charge in [-0.1, -0.05) is 83.6 Å². The number of carbonyl (C=O) groups is 1. The number of unbranched alkanes of at least 4 members (excludes halogenated alkanes) is 5. The van der Waals surface area contributed by atoms with Crippen molar-refractivity contribution >= 4 is 5.97 Å². The van der Waals surface area contributed by atoms with Crippen LogP contribution in [-0.4, -0.2) is 19.2 Å². The number of rotatable bonds is 15. The molecule has 3 rings (SSSR count). The third-order valence-electron chi connectivity index (χ3n) is 6.34. The fraction of sp³-hybridized carbons (Fsp3) is 0.406. The third kappa shape index (κ3) is 9.07. The molecule has 4 nitrogen and oxygen atoms in total. The molecule has 0 saturated heterocycles. The highest BCUT2D eigenvalue weighted by molar-refractivity contribution is 5.91. The molecule has 0 amide bonds. The average Bonchev–Trinajstić information content (AvgIpc) is 2.92. The van der Waals surface area contributed by atoms with Crippen molar-refractivity contribution in [1.29, 1.82) is 0 Å². The zero-order valence-electron chi connectivity index (χ0n) is 22.0. The molecule has 192 valence electrons. The molecule has 3 aromatic carbocycles. The van der Waals surface area contributed by atoms with Crippen LogP contribution in [0.3, 0.4) is 0 Å². The molecule has 0 fully saturated rings. The van der Waals surface area contributed by atoms with Gasteiger partial charge in [-0.2, -0.15) is 0 Å². The van der Waals surface area contributed by atoms with Gasteiger partial charge >= 0.3 is 5.97 Å². The maximum atomic E-state index is 12.6. The van der Waals surface area contributed by atoms with Gasteiger partial charge < -0.3 is 14.2 Å². The monoisotopic (exact) mass is 488 g/mol. The molecule has 0 aromatic heterocycles. The Hall–Kier alpha value is -3.27. The minimum atomic E-state index is -0.379. The fourth-order valence-corrected chi connectivity index (χ4v) is 3.74. The van der Waals surface area contributed by atoms with Crippen LogP contribution >= 0.6 is 0 Å². The number of esters is 1. The van der Waals surface area contributed by atoms with Crippen LogP contribution in [-0.2, 0) is 0 Å². The Morgan fingerprint density at radius 2 is 1.19 bits per heavy atom. The molecule has 0 aliphatic heterocycles. The van der Waals surface area contributed by atoms with Gasteiger partial charge in [-0.3, -0.25) is 0 Å². The van der Waals surface area contributed by atoms with Crippen LogP contribution in [0.25, 0.3) is 11.1 Å². The summed E-state index contributed by atoms with van der Waals surface area (Å²) in [6, 6.07) is 22.7. The van der Waals surface area contributed by atoms with E-state index >= 15 is 0 Å². The van der Waals surface area contributed by atoms with Gasteiger partial charge in [0.1, 0.15) is 17.2 Å². The molecule has 0 bridgehead atoms. The van der Waals surface area contributed by atoms with Gasteiger partial charge in [0.2, 0.25) is 0 Å². The highest BCUT2D eigenvalue weighted by Gasteiger charge is 2.10. The topological polar surface area (TPSA) is 44.8 Å². The predicted molar refractivity (Wildman–Crippen MR) is 147 cm³/mol. The molecule has 4 heteroatoms. The van der Waals surface area contributed by atoms with E-state index in [0.29, 0.717) is 23.8 Å². The van der Waals surface area contributed by atoms with Crippen LogP contribution in [0.5, 0.6) is 17.2 Å². The van der Waals surface area contributed by atoms with Crippen LogP contribution in [0.15, 0.2) is 72.8 Å². The van der Waals surface area contributed by atoms with Crippen LogP contribution in [0.4, 0.5) is 0 Å². The molecule has 36 heavy (non-hydrogen) atoms. The highest BCUT2D eigenvalue weighted by atomic mass is 16.5. The average molecular weight is 489 g/mol. The van der Waals surface area contributed by atoms with E-state index in [1.165, 1.54) is 32.1 Å². The first-order valence-corrected chi connectivity index (χ1v) is 13.4. The molecule has 0 saturated carbocycles. The van der Waals surface area contributed by atoms with Gasteiger partial charge in [-0.25, -0.2) is 4.79 Å². The minimum Gasteiger partial charge on any atom is -0.494 e. The van der Waals surface area contributed by atoms with Crippen molar-refractivity contribution in [3.63, 3.8) is 0 Å². The molecule has 3 aromatic rings. The number of hydrogen-bond donors (Lipinski definition) is 0. The summed E-state index contributed by atoms with van der Waals surface area (Å²) in [5.41, 5.74) is 2.62. The van der Waals surface area contributed by atoms with E-state index in [2.05, 4.69) is 20.8 Å². The fourth-order valence-electron chi connectivity index (χ4n) is 3.74. The summed E-state index contributed by atoms with van der Waals surface area (Å²) in [6.45, 7) is 8.02. The standard InChI is InChI=1S/C32H40O4/c1-4-6-7-8-9-10-23-34-29-19-21-31(22-20-29)36-32(33)28-13-11-26(12-14-28)27-15-17-30(18-16-27)35-24-25(3)5-2/h11-22,25H,4-10,23-24H2,1-3H3/t25-/m0/s1. The molecule has 0 radical (unpaired) electrons. The maximum Gasteiger partial charge on any atom is 0.343 e. The second-order valence-electron chi connectivity index (χ2n) is 9.40. The summed E-state index contributed by atoms with van der Waals surface area (Å²) in [5, 5.41) is 0. The van der Waals surface area contributed by atoms with Crippen molar-refractivity contribution in [3.05, 3.63) is 78.4 Å². The Kier molecular flexibility index (Phi) is 11.4. The Balaban J connectivity index is 1.45. The summed E-state index contributed by atoms with van der Waals surface area (Å²) in [5.74, 6) is 2.33. The lowest BCUT2D eigenvalue weighted by atomic mass is 10.0. The molecule has 0 aliphatic carbocycles. The van der Waals surface area contributed by atoms with Gasteiger partial charge in [0.25, 0.3) is 0 Å². The second-order valence-corrected chi connectivity index (χ2v) is 9.40. The van der Waals surface area contributed by atoms with E-state index < -0.39 is 0 Å². The van der Waals surface area contributed by atoms with Gasteiger partial charge in [-0.05, 0) is 72.0 Å². The molecular formula is C32H40O4. The summed E-state index contributed by atoms with van der Waals surface area (Å²) >= 11 is 0. The Labute approximate surface area is 216 Å². The van der Waals surface area contributed by atoms with E-state index in [-0.39, 0.29) is 5.97 Å². The van der Waals surface area contributed by atoms with Gasteiger partial charge in [0, 0.05) is 0 Å². The number of hydrogen-bond acceptors (Lipinski definition) is 4. The molecule has 0 unspecified atom stereocenters. The number of benzene rings is 3. The molecule has 1 atom stereocenters. The van der Waals surface area contributed by atoms with E-state index in [0.717, 1.165) is 42.1 Å². The van der Waals surface area contributed by atoms with E-state index in [1.54, 1.807) is 24.3 Å². The Morgan fingerprint density at radius 3 is 1.83 bits per heavy atom. The normalized spacial score (nSPS) is 11.6. The molecule has 0 heterocycles. The van der Waals surface area contributed by atoms with Gasteiger partial charge in [0.15, 0.2) is 0 Å². The summed E-state index contributed by atoms with van der Waals surface area (Å²) in [6.07, 6.45) is 8.52. The first kappa shape index (κ1) is 27.3. The maximum absolute atomic E-state index is 12.6. The Bertz CT molecular complexity index is 1020. The summed E-state index contributed by atoms with van der Waals surface area (Å²) < 4.78 is 17.2. The lowest BCUT2D eigenvalue weighted by Gasteiger charge is -2.11. The lowest BCUT2D eigenvalue weighted by molar-refractivity contribution is 0.0734. The van der Waals surface area contributed by atoms with Gasteiger partial charge in [-0.15, -0.1) is 0 Å². The van der Waals surface area contributed by atoms with Crippen molar-refractivity contribution in [3.8, 4) is 28.4 Å². The van der Waals surface area contributed by atoms with Crippen LogP contribution in [0.2, 0.25) is 0 Å². The van der Waals surface area contributed by atoms with Crippen LogP contribution < -0.4 is 14.2 Å². The smallest absolute Gasteiger partial charge is 0.343 e. The highest BCUT2D eigenvalue weighted by Crippen LogP contribution is 2.24. The van der Waals surface area contributed by atoms with Gasteiger partial charge in [0.05, 0.1) is 18.8 Å². The first-order chi connectivity index (χ1) is 17.6.